The Morgan fingerprint density at radius 3 is 1.72 bits per heavy atom. The van der Waals surface area contributed by atoms with Gasteiger partial charge in [0.1, 0.15) is 0 Å². The molecular weight excluding hydrogens is 458 g/mol. The molecule has 1 atom stereocenters. The fraction of sp³-hybridized carbons (Fsp3) is 0.786. The molecule has 0 aromatic carbocycles. The predicted molar refractivity (Wildman–Crippen MR) is 146 cm³/mol. The van der Waals surface area contributed by atoms with Gasteiger partial charge in [0.25, 0.3) is 0 Å². The van der Waals surface area contributed by atoms with Crippen molar-refractivity contribution in [3.8, 4) is 0 Å². The molecule has 8 nitrogen and oxygen atoms in total. The normalized spacial score (nSPS) is 13.1. The van der Waals surface area contributed by atoms with Crippen LogP contribution in [-0.2, 0) is 19.2 Å². The lowest BCUT2D eigenvalue weighted by Gasteiger charge is -2.34. The number of hydrogen-bond acceptors (Lipinski definition) is 5. The highest BCUT2D eigenvalue weighted by atomic mass is 16.4. The molecule has 0 heterocycles. The van der Waals surface area contributed by atoms with E-state index in [0.29, 0.717) is 25.7 Å². The number of Topliss-reactive ketones (excluding diaryl/α,β-unsaturated/α-hetero) is 1. The summed E-state index contributed by atoms with van der Waals surface area (Å²) in [4.78, 5) is 51.4. The minimum Gasteiger partial charge on any atom is -0.478 e. The lowest BCUT2D eigenvalue weighted by molar-refractivity contribution is -0.140. The summed E-state index contributed by atoms with van der Waals surface area (Å²) in [7, 11) is 1.59. The molecule has 4 N–H and O–H groups in total. The van der Waals surface area contributed by atoms with Gasteiger partial charge in [-0.15, -0.1) is 0 Å². The Morgan fingerprint density at radius 1 is 0.944 bits per heavy atom. The first-order valence-corrected chi connectivity index (χ1v) is 13.3. The van der Waals surface area contributed by atoms with Gasteiger partial charge in [-0.05, 0) is 44.4 Å². The number of carboxylic acid groups (broad SMARTS) is 1. The quantitative estimate of drug-likeness (QED) is 0.293. The maximum Gasteiger partial charge on any atom is 0.331 e. The average molecular weight is 512 g/mol. The number of amides is 2. The number of nitrogens with one attached hydrogen (secondary N) is 1. The molecule has 0 saturated carbocycles. The number of ketones is 1. The lowest BCUT2D eigenvalue weighted by atomic mass is 9.72. The number of likely N-dealkylation sites (N-methyl/N-ethyl adjacent to an activating group) is 1. The van der Waals surface area contributed by atoms with E-state index in [4.69, 9.17) is 10.8 Å². The van der Waals surface area contributed by atoms with Crippen LogP contribution in [0.15, 0.2) is 11.6 Å². The van der Waals surface area contributed by atoms with Crippen LogP contribution in [0.2, 0.25) is 0 Å². The van der Waals surface area contributed by atoms with E-state index >= 15 is 0 Å². The predicted octanol–water partition coefficient (Wildman–Crippen LogP) is 4.56. The Balaban J connectivity index is 0. The molecule has 8 heteroatoms. The van der Waals surface area contributed by atoms with Crippen LogP contribution in [0.5, 0.6) is 0 Å². The van der Waals surface area contributed by atoms with E-state index < -0.39 is 23.0 Å². The van der Waals surface area contributed by atoms with Crippen LogP contribution in [0.1, 0.15) is 101 Å². The summed E-state index contributed by atoms with van der Waals surface area (Å²) in [6.45, 7) is 19.0. The zero-order valence-electron chi connectivity index (χ0n) is 24.7. The standard InChI is InChI=1S/C24H43N3O5.C4H10/c1-9-23(10-2,14-19(28)24(25,11-3)12-4)22(32)26-15-20(29)27(8)18(16(5)6)13-17(7)21(30)31;1-4(2)3/h13,16,18H,9-12,14-15,25H2,1-8H3,(H,26,32)(H,30,31);4H,1-3H3/b17-13+;/t18-;/m1./s1. The number of hydrogen-bond donors (Lipinski definition) is 3. The molecule has 2 amide bonds. The molecule has 0 rings (SSSR count). The molecule has 0 fully saturated rings. The van der Waals surface area contributed by atoms with Crippen LogP contribution in [0, 0.1) is 17.3 Å². The number of aliphatic carboxylic acids is 1. The fourth-order valence-electron chi connectivity index (χ4n) is 3.74. The fourth-order valence-corrected chi connectivity index (χ4v) is 3.74. The van der Waals surface area contributed by atoms with E-state index in [0.717, 1.165) is 5.92 Å². The monoisotopic (exact) mass is 511 g/mol. The smallest absolute Gasteiger partial charge is 0.331 e. The number of rotatable bonds is 14. The number of carbonyl (C=O) groups excluding carboxylic acids is 3. The lowest BCUT2D eigenvalue weighted by Crippen LogP contribution is -2.52. The Morgan fingerprint density at radius 2 is 1.39 bits per heavy atom. The molecule has 0 saturated heterocycles. The number of nitrogens with two attached hydrogens (primary N) is 1. The molecule has 36 heavy (non-hydrogen) atoms. The molecule has 0 aliphatic heterocycles. The van der Waals surface area contributed by atoms with Crippen LogP contribution in [0.4, 0.5) is 0 Å². The molecular formula is C28H53N3O5. The highest BCUT2D eigenvalue weighted by Gasteiger charge is 2.42. The van der Waals surface area contributed by atoms with Crippen molar-refractivity contribution < 1.29 is 24.3 Å². The van der Waals surface area contributed by atoms with Gasteiger partial charge in [0.05, 0.1) is 23.5 Å². The first-order valence-electron chi connectivity index (χ1n) is 13.3. The first-order chi connectivity index (χ1) is 16.5. The van der Waals surface area contributed by atoms with Gasteiger partial charge in [-0.1, -0.05) is 68.4 Å². The highest BCUT2D eigenvalue weighted by Crippen LogP contribution is 2.34. The summed E-state index contributed by atoms with van der Waals surface area (Å²) >= 11 is 0. The summed E-state index contributed by atoms with van der Waals surface area (Å²) in [5.41, 5.74) is 4.52. The topological polar surface area (TPSA) is 130 Å². The SMILES string of the molecule is CC(C)C.CCC(N)(CC)C(=O)CC(CC)(CC)C(=O)NCC(=O)N(C)[C@H](/C=C(\C)C(=O)O)C(C)C. The number of nitrogens with zero attached hydrogens (tertiary/aromatic N) is 1. The van der Waals surface area contributed by atoms with Gasteiger partial charge in [-0.2, -0.15) is 0 Å². The van der Waals surface area contributed by atoms with Gasteiger partial charge >= 0.3 is 5.97 Å². The minimum absolute atomic E-state index is 0.0160. The molecule has 0 aromatic rings. The zero-order valence-corrected chi connectivity index (χ0v) is 24.7. The molecule has 0 radical (unpaired) electrons. The largest absolute Gasteiger partial charge is 0.478 e. The second kappa shape index (κ2) is 16.5. The van der Waals surface area contributed by atoms with Gasteiger partial charge in [0.2, 0.25) is 11.8 Å². The molecule has 0 aliphatic rings. The van der Waals surface area contributed by atoms with Gasteiger partial charge in [0.15, 0.2) is 5.78 Å². The van der Waals surface area contributed by atoms with Crippen molar-refractivity contribution in [3.05, 3.63) is 11.6 Å². The van der Waals surface area contributed by atoms with Crippen LogP contribution in [0.25, 0.3) is 0 Å². The van der Waals surface area contributed by atoms with E-state index in [1.165, 1.54) is 11.8 Å². The molecule has 0 bridgehead atoms. The van der Waals surface area contributed by atoms with Crippen LogP contribution >= 0.6 is 0 Å². The highest BCUT2D eigenvalue weighted by molar-refractivity contribution is 5.95. The van der Waals surface area contributed by atoms with Crippen LogP contribution in [-0.4, -0.2) is 58.7 Å². The average Bonchev–Trinajstić information content (AvgIpc) is 2.81. The Bertz CT molecular complexity index is 748. The third kappa shape index (κ3) is 11.2. The first kappa shape index (κ1) is 35.9. The van der Waals surface area contributed by atoms with Crippen molar-refractivity contribution in [1.29, 1.82) is 0 Å². The maximum atomic E-state index is 13.1. The van der Waals surface area contributed by atoms with Crippen molar-refractivity contribution >= 4 is 23.6 Å². The third-order valence-electron chi connectivity index (χ3n) is 6.83. The second-order valence-electron chi connectivity index (χ2n) is 10.8. The molecule has 210 valence electrons. The molecule has 0 aliphatic carbocycles. The Kier molecular flexibility index (Phi) is 16.5. The molecule has 0 spiro atoms. The van der Waals surface area contributed by atoms with Crippen molar-refractivity contribution in [3.63, 3.8) is 0 Å². The maximum absolute atomic E-state index is 13.1. The molecule has 0 aromatic heterocycles. The Hall–Kier alpha value is -2.22. The summed E-state index contributed by atoms with van der Waals surface area (Å²) in [5, 5.41) is 11.9. The minimum atomic E-state index is -1.04. The van der Waals surface area contributed by atoms with Gasteiger partial charge in [-0.25, -0.2) is 4.79 Å². The number of carbonyl (C=O) groups is 4. The molecule has 0 unspecified atom stereocenters. The van der Waals surface area contributed by atoms with Crippen molar-refractivity contribution in [2.45, 2.75) is 113 Å². The van der Waals surface area contributed by atoms with E-state index in [1.807, 2.05) is 41.5 Å². The van der Waals surface area contributed by atoms with Crippen LogP contribution in [0.3, 0.4) is 0 Å². The summed E-state index contributed by atoms with van der Waals surface area (Å²) < 4.78 is 0. The van der Waals surface area contributed by atoms with E-state index in [1.54, 1.807) is 13.1 Å². The van der Waals surface area contributed by atoms with E-state index in [2.05, 4.69) is 26.1 Å². The third-order valence-corrected chi connectivity index (χ3v) is 6.83. The van der Waals surface area contributed by atoms with Crippen molar-refractivity contribution in [2.75, 3.05) is 13.6 Å². The van der Waals surface area contributed by atoms with Crippen LogP contribution < -0.4 is 11.1 Å². The Labute approximate surface area is 219 Å². The van der Waals surface area contributed by atoms with Gasteiger partial charge < -0.3 is 21.1 Å². The van der Waals surface area contributed by atoms with Crippen molar-refractivity contribution in [1.82, 2.24) is 10.2 Å². The van der Waals surface area contributed by atoms with Crippen molar-refractivity contribution in [2.24, 2.45) is 23.0 Å². The second-order valence-corrected chi connectivity index (χ2v) is 10.8. The number of carboxylic acids is 1. The van der Waals surface area contributed by atoms with Gasteiger partial charge in [0, 0.05) is 19.0 Å². The summed E-state index contributed by atoms with van der Waals surface area (Å²) in [6.07, 6.45) is 3.47. The van der Waals surface area contributed by atoms with E-state index in [-0.39, 0.29) is 42.1 Å². The summed E-state index contributed by atoms with van der Waals surface area (Å²) in [5.74, 6) is -1.04. The van der Waals surface area contributed by atoms with Gasteiger partial charge in [-0.3, -0.25) is 14.4 Å². The van der Waals surface area contributed by atoms with E-state index in [9.17, 15) is 19.2 Å². The summed E-state index contributed by atoms with van der Waals surface area (Å²) in [6, 6.07) is -0.425. The zero-order chi connectivity index (χ0) is 28.9.